The number of hydrogen-bond acceptors (Lipinski definition) is 4. The molecule has 64 valence electrons. The van der Waals surface area contributed by atoms with E-state index in [1.54, 1.807) is 11.8 Å². The summed E-state index contributed by atoms with van der Waals surface area (Å²) in [5.41, 5.74) is 0. The SMILES string of the molecule is CCSC1(C(=O)OC)COC1. The molecule has 11 heavy (non-hydrogen) atoms. The number of rotatable bonds is 3. The Bertz CT molecular complexity index is 154. The molecule has 4 heteroatoms. The van der Waals surface area contributed by atoms with Gasteiger partial charge in [-0.05, 0) is 5.75 Å². The van der Waals surface area contributed by atoms with Crippen LogP contribution in [0.3, 0.4) is 0 Å². The van der Waals surface area contributed by atoms with E-state index in [0.717, 1.165) is 5.75 Å². The second kappa shape index (κ2) is 3.45. The smallest absolute Gasteiger partial charge is 0.326 e. The number of ether oxygens (including phenoxy) is 2. The zero-order valence-corrected chi connectivity index (χ0v) is 7.57. The molecule has 1 saturated heterocycles. The van der Waals surface area contributed by atoms with E-state index in [2.05, 4.69) is 4.74 Å². The van der Waals surface area contributed by atoms with E-state index in [0.29, 0.717) is 13.2 Å². The van der Waals surface area contributed by atoms with Gasteiger partial charge >= 0.3 is 5.97 Å². The number of carbonyl (C=O) groups is 1. The summed E-state index contributed by atoms with van der Waals surface area (Å²) in [6.45, 7) is 3.02. The standard InChI is InChI=1S/C7H12O3S/c1-3-11-7(4-10-5-7)6(8)9-2/h3-5H2,1-2H3. The summed E-state index contributed by atoms with van der Waals surface area (Å²) in [6, 6.07) is 0. The molecule has 0 unspecified atom stereocenters. The van der Waals surface area contributed by atoms with Crippen molar-refractivity contribution in [1.29, 1.82) is 0 Å². The van der Waals surface area contributed by atoms with Crippen LogP contribution in [0.25, 0.3) is 0 Å². The van der Waals surface area contributed by atoms with Crippen LogP contribution in [0.2, 0.25) is 0 Å². The third kappa shape index (κ3) is 1.51. The highest BCUT2D eigenvalue weighted by Crippen LogP contribution is 2.33. The lowest BCUT2D eigenvalue weighted by atomic mass is 10.1. The Labute approximate surface area is 70.4 Å². The molecule has 1 rings (SSSR count). The van der Waals surface area contributed by atoms with Gasteiger partial charge in [0, 0.05) is 0 Å². The quantitative estimate of drug-likeness (QED) is 0.592. The lowest BCUT2D eigenvalue weighted by molar-refractivity contribution is -0.155. The number of carbonyl (C=O) groups excluding carboxylic acids is 1. The molecular formula is C7H12O3S. The first-order valence-electron chi connectivity index (χ1n) is 3.55. The van der Waals surface area contributed by atoms with E-state index in [-0.39, 0.29) is 10.7 Å². The second-order valence-electron chi connectivity index (χ2n) is 2.41. The van der Waals surface area contributed by atoms with Gasteiger partial charge in [-0.25, -0.2) is 0 Å². The maximum absolute atomic E-state index is 11.2. The van der Waals surface area contributed by atoms with E-state index >= 15 is 0 Å². The van der Waals surface area contributed by atoms with E-state index < -0.39 is 0 Å². The zero-order chi connectivity index (χ0) is 8.32. The van der Waals surface area contributed by atoms with Gasteiger partial charge < -0.3 is 9.47 Å². The molecule has 0 amide bonds. The monoisotopic (exact) mass is 176 g/mol. The molecule has 0 saturated carbocycles. The van der Waals surface area contributed by atoms with Crippen molar-refractivity contribution in [2.24, 2.45) is 0 Å². The maximum Gasteiger partial charge on any atom is 0.326 e. The first kappa shape index (κ1) is 8.87. The van der Waals surface area contributed by atoms with Crippen molar-refractivity contribution in [3.63, 3.8) is 0 Å². The van der Waals surface area contributed by atoms with Gasteiger partial charge in [-0.15, -0.1) is 11.8 Å². The summed E-state index contributed by atoms with van der Waals surface area (Å²) in [5, 5.41) is 0. The van der Waals surface area contributed by atoms with Gasteiger partial charge in [-0.3, -0.25) is 4.79 Å². The lowest BCUT2D eigenvalue weighted by Crippen LogP contribution is -2.53. The first-order chi connectivity index (χ1) is 5.25. The van der Waals surface area contributed by atoms with Crippen molar-refractivity contribution in [2.45, 2.75) is 11.7 Å². The van der Waals surface area contributed by atoms with Crippen molar-refractivity contribution in [2.75, 3.05) is 26.1 Å². The van der Waals surface area contributed by atoms with Crippen LogP contribution in [-0.2, 0) is 14.3 Å². The number of esters is 1. The molecule has 0 atom stereocenters. The van der Waals surface area contributed by atoms with Crippen LogP contribution in [0.15, 0.2) is 0 Å². The summed E-state index contributed by atoms with van der Waals surface area (Å²) in [5.74, 6) is 0.758. The summed E-state index contributed by atoms with van der Waals surface area (Å²) in [4.78, 5) is 11.2. The second-order valence-corrected chi connectivity index (χ2v) is 4.06. The number of hydrogen-bond donors (Lipinski definition) is 0. The predicted molar refractivity (Wildman–Crippen MR) is 43.7 cm³/mol. The van der Waals surface area contributed by atoms with E-state index in [4.69, 9.17) is 4.74 Å². The molecule has 0 N–H and O–H groups in total. The molecule has 0 radical (unpaired) electrons. The van der Waals surface area contributed by atoms with Crippen LogP contribution in [0, 0.1) is 0 Å². The summed E-state index contributed by atoms with van der Waals surface area (Å²) >= 11 is 1.60. The maximum atomic E-state index is 11.2. The fourth-order valence-corrected chi connectivity index (χ4v) is 2.10. The van der Waals surface area contributed by atoms with Crippen molar-refractivity contribution < 1.29 is 14.3 Å². The molecule has 0 aliphatic carbocycles. The molecule has 0 bridgehead atoms. The zero-order valence-electron chi connectivity index (χ0n) is 6.75. The normalized spacial score (nSPS) is 20.5. The van der Waals surface area contributed by atoms with Crippen molar-refractivity contribution >= 4 is 17.7 Å². The van der Waals surface area contributed by atoms with Gasteiger partial charge in [-0.2, -0.15) is 0 Å². The van der Waals surface area contributed by atoms with Crippen LogP contribution in [-0.4, -0.2) is 36.8 Å². The average Bonchev–Trinajstić information content (AvgIpc) is 1.95. The molecule has 1 fully saturated rings. The Morgan fingerprint density at radius 1 is 1.73 bits per heavy atom. The highest BCUT2D eigenvalue weighted by molar-refractivity contribution is 8.01. The van der Waals surface area contributed by atoms with Gasteiger partial charge in [0.05, 0.1) is 20.3 Å². The van der Waals surface area contributed by atoms with Crippen molar-refractivity contribution in [1.82, 2.24) is 0 Å². The number of methoxy groups -OCH3 is 1. The van der Waals surface area contributed by atoms with Gasteiger partial charge in [0.15, 0.2) is 4.75 Å². The van der Waals surface area contributed by atoms with Gasteiger partial charge in [-0.1, -0.05) is 6.92 Å². The molecule has 1 aliphatic rings. The van der Waals surface area contributed by atoms with Crippen LogP contribution >= 0.6 is 11.8 Å². The van der Waals surface area contributed by atoms with Crippen molar-refractivity contribution in [3.8, 4) is 0 Å². The molecule has 1 heterocycles. The van der Waals surface area contributed by atoms with Crippen LogP contribution < -0.4 is 0 Å². The Morgan fingerprint density at radius 3 is 2.64 bits per heavy atom. The van der Waals surface area contributed by atoms with E-state index in [1.165, 1.54) is 7.11 Å². The Kier molecular flexibility index (Phi) is 2.78. The lowest BCUT2D eigenvalue weighted by Gasteiger charge is -2.37. The predicted octanol–water partition coefficient (Wildman–Crippen LogP) is 0.681. The van der Waals surface area contributed by atoms with Gasteiger partial charge in [0.1, 0.15) is 0 Å². The third-order valence-electron chi connectivity index (χ3n) is 1.65. The molecular weight excluding hydrogens is 164 g/mol. The molecule has 0 spiro atoms. The Balaban J connectivity index is 2.52. The van der Waals surface area contributed by atoms with Crippen LogP contribution in [0.5, 0.6) is 0 Å². The minimum absolute atomic E-state index is 0.157. The average molecular weight is 176 g/mol. The summed E-state index contributed by atoms with van der Waals surface area (Å²) in [7, 11) is 1.42. The molecule has 1 aliphatic heterocycles. The topological polar surface area (TPSA) is 35.5 Å². The summed E-state index contributed by atoms with van der Waals surface area (Å²) < 4.78 is 9.28. The Morgan fingerprint density at radius 2 is 2.36 bits per heavy atom. The van der Waals surface area contributed by atoms with Gasteiger partial charge in [0.2, 0.25) is 0 Å². The molecule has 3 nitrogen and oxygen atoms in total. The highest BCUT2D eigenvalue weighted by atomic mass is 32.2. The highest BCUT2D eigenvalue weighted by Gasteiger charge is 2.47. The largest absolute Gasteiger partial charge is 0.468 e. The van der Waals surface area contributed by atoms with Gasteiger partial charge in [0.25, 0.3) is 0 Å². The van der Waals surface area contributed by atoms with Crippen LogP contribution in [0.4, 0.5) is 0 Å². The molecule has 0 aromatic carbocycles. The van der Waals surface area contributed by atoms with Crippen molar-refractivity contribution in [3.05, 3.63) is 0 Å². The molecule has 0 aromatic rings. The minimum Gasteiger partial charge on any atom is -0.468 e. The van der Waals surface area contributed by atoms with E-state index in [1.807, 2.05) is 6.92 Å². The Hall–Kier alpha value is -0.220. The summed E-state index contributed by atoms with van der Waals surface area (Å²) in [6.07, 6.45) is 0. The fourth-order valence-electron chi connectivity index (χ4n) is 1.01. The first-order valence-corrected chi connectivity index (χ1v) is 4.54. The number of thioether (sulfide) groups is 1. The minimum atomic E-state index is -0.385. The molecule has 0 aromatic heterocycles. The third-order valence-corrected chi connectivity index (χ3v) is 2.89. The van der Waals surface area contributed by atoms with E-state index in [9.17, 15) is 4.79 Å². The van der Waals surface area contributed by atoms with Crippen LogP contribution in [0.1, 0.15) is 6.92 Å². The fraction of sp³-hybridized carbons (Fsp3) is 0.857.